The number of aliphatic carboxylic acids is 1. The van der Waals surface area contributed by atoms with Crippen molar-refractivity contribution in [3.63, 3.8) is 0 Å². The van der Waals surface area contributed by atoms with Crippen LogP contribution in [-0.2, 0) is 9.59 Å². The molecule has 108 valence electrons. The van der Waals surface area contributed by atoms with Crippen molar-refractivity contribution in [3.8, 4) is 0 Å². The van der Waals surface area contributed by atoms with Crippen LogP contribution in [0.2, 0.25) is 0 Å². The molecule has 0 bridgehead atoms. The fraction of sp³-hybridized carbons (Fsp3) is 0.750. The molecule has 3 unspecified atom stereocenters. The maximum absolute atomic E-state index is 12.4. The molecule has 1 aliphatic heterocycles. The summed E-state index contributed by atoms with van der Waals surface area (Å²) in [5, 5.41) is 11.6. The van der Waals surface area contributed by atoms with Gasteiger partial charge in [-0.3, -0.25) is 4.79 Å². The molecule has 7 nitrogen and oxygen atoms in total. The van der Waals surface area contributed by atoms with E-state index in [9.17, 15) is 19.5 Å². The second-order valence-electron chi connectivity index (χ2n) is 5.31. The quantitative estimate of drug-likeness (QED) is 0.668. The first kappa shape index (κ1) is 15.3. The Labute approximate surface area is 112 Å². The molecule has 4 N–H and O–H groups in total. The van der Waals surface area contributed by atoms with Crippen molar-refractivity contribution in [1.29, 1.82) is 0 Å². The number of urea groups is 1. The minimum atomic E-state index is -1.01. The van der Waals surface area contributed by atoms with E-state index in [0.717, 1.165) is 0 Å². The van der Waals surface area contributed by atoms with E-state index in [1.54, 1.807) is 20.8 Å². The van der Waals surface area contributed by atoms with Crippen LogP contribution >= 0.6 is 0 Å². The van der Waals surface area contributed by atoms with Crippen molar-refractivity contribution in [1.82, 2.24) is 10.2 Å². The van der Waals surface area contributed by atoms with Crippen molar-refractivity contribution >= 4 is 17.9 Å². The lowest BCUT2D eigenvalue weighted by Gasteiger charge is -2.29. The molecular formula is C12H21N3O4. The van der Waals surface area contributed by atoms with Gasteiger partial charge in [0, 0.05) is 6.54 Å². The lowest BCUT2D eigenvalue weighted by atomic mass is 10.0. The number of carboxylic acids is 1. The molecule has 1 heterocycles. The molecule has 1 saturated heterocycles. The number of carbonyl (C=O) groups is 3. The maximum Gasteiger partial charge on any atom is 0.326 e. The normalized spacial score (nSPS) is 24.3. The number of likely N-dealkylation sites (tertiary alicyclic amines) is 1. The van der Waals surface area contributed by atoms with Crippen LogP contribution in [0.4, 0.5) is 4.79 Å². The fourth-order valence-corrected chi connectivity index (χ4v) is 2.42. The summed E-state index contributed by atoms with van der Waals surface area (Å²) in [5.74, 6) is -1.65. The van der Waals surface area contributed by atoms with E-state index in [2.05, 4.69) is 5.32 Å². The summed E-state index contributed by atoms with van der Waals surface area (Å²) in [4.78, 5) is 35.9. The van der Waals surface area contributed by atoms with Crippen LogP contribution in [0.5, 0.6) is 0 Å². The van der Waals surface area contributed by atoms with Crippen LogP contribution in [0.15, 0.2) is 0 Å². The van der Waals surface area contributed by atoms with Crippen LogP contribution < -0.4 is 11.1 Å². The summed E-state index contributed by atoms with van der Waals surface area (Å²) in [5.41, 5.74) is 5.05. The highest BCUT2D eigenvalue weighted by Crippen LogP contribution is 2.25. The average Bonchev–Trinajstić information content (AvgIpc) is 2.66. The number of carbonyl (C=O) groups excluding carboxylic acids is 2. The maximum atomic E-state index is 12.4. The molecule has 0 radical (unpaired) electrons. The van der Waals surface area contributed by atoms with Crippen LogP contribution in [0.25, 0.3) is 0 Å². The molecule has 3 atom stereocenters. The molecule has 1 aliphatic rings. The van der Waals surface area contributed by atoms with Crippen LogP contribution in [0.3, 0.4) is 0 Å². The van der Waals surface area contributed by atoms with Crippen LogP contribution in [0, 0.1) is 11.8 Å². The fourth-order valence-electron chi connectivity index (χ4n) is 2.42. The van der Waals surface area contributed by atoms with Gasteiger partial charge in [-0.25, -0.2) is 9.59 Å². The van der Waals surface area contributed by atoms with E-state index in [1.807, 2.05) is 0 Å². The van der Waals surface area contributed by atoms with Gasteiger partial charge in [0.1, 0.15) is 12.1 Å². The number of rotatable bonds is 4. The van der Waals surface area contributed by atoms with Gasteiger partial charge in [-0.15, -0.1) is 0 Å². The largest absolute Gasteiger partial charge is 0.480 e. The first-order valence-electron chi connectivity index (χ1n) is 6.35. The Morgan fingerprint density at radius 3 is 2.37 bits per heavy atom. The van der Waals surface area contributed by atoms with E-state index in [4.69, 9.17) is 5.73 Å². The molecule has 0 aromatic rings. The molecule has 0 saturated carbocycles. The van der Waals surface area contributed by atoms with Crippen LogP contribution in [0.1, 0.15) is 27.2 Å². The standard InChI is InChI=1S/C12H21N3O4/c1-6(2)8(14-12(13)19)10(16)15-5-4-7(3)9(15)11(17)18/h6-9H,4-5H2,1-3H3,(H,17,18)(H3,13,14,19). The number of hydrogen-bond donors (Lipinski definition) is 3. The molecule has 0 aliphatic carbocycles. The number of amides is 3. The molecule has 19 heavy (non-hydrogen) atoms. The Bertz CT molecular complexity index is 383. The number of nitrogens with one attached hydrogen (secondary N) is 1. The average molecular weight is 271 g/mol. The molecular weight excluding hydrogens is 250 g/mol. The first-order valence-corrected chi connectivity index (χ1v) is 6.35. The number of nitrogens with two attached hydrogens (primary N) is 1. The Morgan fingerprint density at radius 1 is 1.37 bits per heavy atom. The minimum absolute atomic E-state index is 0.0946. The number of nitrogens with zero attached hydrogens (tertiary/aromatic N) is 1. The minimum Gasteiger partial charge on any atom is -0.480 e. The highest BCUT2D eigenvalue weighted by Gasteiger charge is 2.42. The van der Waals surface area contributed by atoms with Gasteiger partial charge < -0.3 is 21.1 Å². The van der Waals surface area contributed by atoms with Gasteiger partial charge in [-0.05, 0) is 18.3 Å². The van der Waals surface area contributed by atoms with E-state index < -0.39 is 24.1 Å². The summed E-state index contributed by atoms with van der Waals surface area (Å²) < 4.78 is 0. The molecule has 1 rings (SSSR count). The second kappa shape index (κ2) is 5.90. The van der Waals surface area contributed by atoms with Crippen LogP contribution in [-0.4, -0.2) is 46.5 Å². The Hall–Kier alpha value is -1.79. The first-order chi connectivity index (χ1) is 8.75. The highest BCUT2D eigenvalue weighted by molar-refractivity contribution is 5.90. The number of carboxylic acid groups (broad SMARTS) is 1. The summed E-state index contributed by atoms with van der Waals surface area (Å²) >= 11 is 0. The Morgan fingerprint density at radius 2 is 1.95 bits per heavy atom. The van der Waals surface area contributed by atoms with Crippen molar-refractivity contribution in [3.05, 3.63) is 0 Å². The molecule has 3 amide bonds. The lowest BCUT2D eigenvalue weighted by Crippen LogP contribution is -2.55. The van der Waals surface area contributed by atoms with Gasteiger partial charge >= 0.3 is 12.0 Å². The summed E-state index contributed by atoms with van der Waals surface area (Å²) in [6.45, 7) is 5.74. The summed E-state index contributed by atoms with van der Waals surface area (Å²) in [6, 6.07) is -2.40. The zero-order valence-corrected chi connectivity index (χ0v) is 11.4. The molecule has 1 fully saturated rings. The number of hydrogen-bond acceptors (Lipinski definition) is 3. The van der Waals surface area contributed by atoms with E-state index in [-0.39, 0.29) is 17.7 Å². The molecule has 7 heteroatoms. The van der Waals surface area contributed by atoms with Gasteiger partial charge in [-0.1, -0.05) is 20.8 Å². The van der Waals surface area contributed by atoms with Gasteiger partial charge in [0.05, 0.1) is 0 Å². The summed E-state index contributed by atoms with van der Waals surface area (Å²) in [7, 11) is 0. The Balaban J connectivity index is 2.90. The Kier molecular flexibility index (Phi) is 4.74. The van der Waals surface area contributed by atoms with Gasteiger partial charge in [0.25, 0.3) is 0 Å². The van der Waals surface area contributed by atoms with E-state index in [0.29, 0.717) is 13.0 Å². The van der Waals surface area contributed by atoms with Crippen molar-refractivity contribution < 1.29 is 19.5 Å². The third-order valence-corrected chi connectivity index (χ3v) is 3.47. The van der Waals surface area contributed by atoms with Gasteiger partial charge in [0.15, 0.2) is 0 Å². The molecule has 0 aromatic heterocycles. The second-order valence-corrected chi connectivity index (χ2v) is 5.31. The lowest BCUT2D eigenvalue weighted by molar-refractivity contribution is -0.150. The molecule has 0 aromatic carbocycles. The van der Waals surface area contributed by atoms with E-state index in [1.165, 1.54) is 4.90 Å². The van der Waals surface area contributed by atoms with Crippen molar-refractivity contribution in [2.24, 2.45) is 17.6 Å². The monoisotopic (exact) mass is 271 g/mol. The van der Waals surface area contributed by atoms with Crippen molar-refractivity contribution in [2.75, 3.05) is 6.54 Å². The smallest absolute Gasteiger partial charge is 0.326 e. The topological polar surface area (TPSA) is 113 Å². The van der Waals surface area contributed by atoms with Gasteiger partial charge in [-0.2, -0.15) is 0 Å². The highest BCUT2D eigenvalue weighted by atomic mass is 16.4. The predicted octanol–water partition coefficient (Wildman–Crippen LogP) is 0.000900. The number of primary amides is 1. The zero-order chi connectivity index (χ0) is 14.7. The van der Waals surface area contributed by atoms with Crippen molar-refractivity contribution in [2.45, 2.75) is 39.3 Å². The third-order valence-electron chi connectivity index (χ3n) is 3.47. The third kappa shape index (κ3) is 3.36. The predicted molar refractivity (Wildman–Crippen MR) is 68.3 cm³/mol. The van der Waals surface area contributed by atoms with E-state index >= 15 is 0 Å². The molecule has 0 spiro atoms. The summed E-state index contributed by atoms with van der Waals surface area (Å²) in [6.07, 6.45) is 0.643. The SMILES string of the molecule is CC(C)C(NC(N)=O)C(=O)N1CCC(C)C1C(=O)O. The zero-order valence-electron chi connectivity index (χ0n) is 11.4. The van der Waals surface area contributed by atoms with Gasteiger partial charge in [0.2, 0.25) is 5.91 Å².